The molecule has 5 heteroatoms. The zero-order valence-corrected chi connectivity index (χ0v) is 30.1. The Kier molecular flexibility index (Phi) is 6.80. The Morgan fingerprint density at radius 2 is 0.906 bits per heavy atom. The van der Waals surface area contributed by atoms with Crippen LogP contribution in [0.3, 0.4) is 0 Å². The van der Waals surface area contributed by atoms with Crippen molar-refractivity contribution in [2.45, 2.75) is 38.5 Å². The molecule has 0 saturated carbocycles. The molecule has 258 valence electrons. The summed E-state index contributed by atoms with van der Waals surface area (Å²) in [5.74, 6) is 4.91. The molecule has 0 fully saturated rings. The number of rotatable bonds is 4. The first-order valence-electron chi connectivity index (χ1n) is 18.2. The monoisotopic (exact) mass is 690 g/mol. The summed E-state index contributed by atoms with van der Waals surface area (Å²) >= 11 is 0. The molecule has 3 aliphatic rings. The van der Waals surface area contributed by atoms with Gasteiger partial charge in [-0.1, -0.05) is 119 Å². The van der Waals surface area contributed by atoms with Gasteiger partial charge in [-0.05, 0) is 60.7 Å². The third-order valence-corrected chi connectivity index (χ3v) is 11.1. The van der Waals surface area contributed by atoms with E-state index in [0.717, 1.165) is 90.9 Å². The molecule has 3 heterocycles. The Hall–Kier alpha value is -6.46. The van der Waals surface area contributed by atoms with Crippen LogP contribution in [0.5, 0.6) is 34.5 Å². The van der Waals surface area contributed by atoms with Crippen molar-refractivity contribution < 1.29 is 14.2 Å². The van der Waals surface area contributed by atoms with Crippen LogP contribution < -0.4 is 24.0 Å². The Labute approximate surface area is 310 Å². The third kappa shape index (κ3) is 4.70. The average molecular weight is 691 g/mol. The number of fused-ring (bicyclic) bond motifs is 6. The zero-order valence-electron chi connectivity index (χ0n) is 30.1. The summed E-state index contributed by atoms with van der Waals surface area (Å²) < 4.78 is 20.6. The van der Waals surface area contributed by atoms with Gasteiger partial charge in [-0.15, -0.1) is 0 Å². The molecule has 0 N–H and O–H groups in total. The van der Waals surface area contributed by atoms with Crippen molar-refractivity contribution in [1.82, 2.24) is 0 Å². The van der Waals surface area contributed by atoms with Crippen molar-refractivity contribution in [3.8, 4) is 34.5 Å². The smallest absolute Gasteiger partial charge is 0.155 e. The van der Waals surface area contributed by atoms with Crippen LogP contribution in [0, 0.1) is 0 Å². The number of anilines is 6. The SMILES string of the molecule is CC1(C)c2ccccc2Oc2c(N(c3ccc4c(c3)Oc3ccccc3N4c3ccccc3)c3cccc4c3Oc3ccccc3C4(C)C)cccc21. The molecular weight excluding hydrogens is 653 g/mol. The van der Waals surface area contributed by atoms with E-state index in [9.17, 15) is 0 Å². The minimum Gasteiger partial charge on any atom is -0.455 e. The highest BCUT2D eigenvalue weighted by molar-refractivity contribution is 5.91. The summed E-state index contributed by atoms with van der Waals surface area (Å²) in [6, 6.07) is 54.8. The van der Waals surface area contributed by atoms with Gasteiger partial charge in [-0.3, -0.25) is 0 Å². The molecule has 7 aromatic rings. The molecule has 53 heavy (non-hydrogen) atoms. The summed E-state index contributed by atoms with van der Waals surface area (Å²) in [7, 11) is 0. The first kappa shape index (κ1) is 31.3. The van der Waals surface area contributed by atoms with E-state index in [2.05, 4.69) is 165 Å². The molecule has 0 aliphatic carbocycles. The second kappa shape index (κ2) is 11.5. The fourth-order valence-corrected chi connectivity index (χ4v) is 8.40. The van der Waals surface area contributed by atoms with Gasteiger partial charge >= 0.3 is 0 Å². The second-order valence-electron chi connectivity index (χ2n) is 15.0. The fourth-order valence-electron chi connectivity index (χ4n) is 8.40. The molecule has 0 aromatic heterocycles. The normalized spacial score (nSPS) is 15.1. The van der Waals surface area contributed by atoms with Crippen LogP contribution in [-0.4, -0.2) is 0 Å². The molecule has 0 atom stereocenters. The quantitative estimate of drug-likeness (QED) is 0.184. The highest BCUT2D eigenvalue weighted by Crippen LogP contribution is 2.59. The van der Waals surface area contributed by atoms with Gasteiger partial charge in [-0.25, -0.2) is 0 Å². The predicted molar refractivity (Wildman–Crippen MR) is 213 cm³/mol. The van der Waals surface area contributed by atoms with E-state index in [1.807, 2.05) is 30.3 Å². The number of hydrogen-bond donors (Lipinski definition) is 0. The lowest BCUT2D eigenvalue weighted by Crippen LogP contribution is -2.27. The van der Waals surface area contributed by atoms with E-state index in [4.69, 9.17) is 14.2 Å². The van der Waals surface area contributed by atoms with Gasteiger partial charge in [0.1, 0.15) is 11.5 Å². The zero-order chi connectivity index (χ0) is 35.9. The Morgan fingerprint density at radius 1 is 0.415 bits per heavy atom. The van der Waals surface area contributed by atoms with Crippen LogP contribution in [0.1, 0.15) is 49.9 Å². The minimum atomic E-state index is -0.293. The molecule has 10 rings (SSSR count). The molecule has 0 unspecified atom stereocenters. The molecule has 0 saturated heterocycles. The lowest BCUT2D eigenvalue weighted by Gasteiger charge is -2.40. The topological polar surface area (TPSA) is 34.2 Å². The van der Waals surface area contributed by atoms with Crippen molar-refractivity contribution >= 4 is 34.1 Å². The van der Waals surface area contributed by atoms with Crippen LogP contribution in [0.4, 0.5) is 34.1 Å². The van der Waals surface area contributed by atoms with Gasteiger partial charge in [0.15, 0.2) is 23.0 Å². The maximum atomic E-state index is 6.92. The maximum absolute atomic E-state index is 6.92. The van der Waals surface area contributed by atoms with Crippen molar-refractivity contribution in [1.29, 1.82) is 0 Å². The molecular formula is C48H38N2O3. The highest BCUT2D eigenvalue weighted by atomic mass is 16.5. The lowest BCUT2D eigenvalue weighted by atomic mass is 9.75. The average Bonchev–Trinajstić information content (AvgIpc) is 3.18. The largest absolute Gasteiger partial charge is 0.455 e. The molecule has 7 aromatic carbocycles. The van der Waals surface area contributed by atoms with Crippen LogP contribution in [0.2, 0.25) is 0 Å². The van der Waals surface area contributed by atoms with Crippen molar-refractivity contribution in [3.05, 3.63) is 180 Å². The van der Waals surface area contributed by atoms with E-state index in [1.54, 1.807) is 0 Å². The molecule has 0 spiro atoms. The number of nitrogens with zero attached hydrogens (tertiary/aromatic N) is 2. The molecule has 5 nitrogen and oxygen atoms in total. The fraction of sp³-hybridized carbons (Fsp3) is 0.125. The summed E-state index contributed by atoms with van der Waals surface area (Å²) in [5.41, 5.74) is 9.73. The van der Waals surface area contributed by atoms with E-state index in [-0.39, 0.29) is 10.8 Å². The summed E-state index contributed by atoms with van der Waals surface area (Å²) in [6.07, 6.45) is 0. The van der Waals surface area contributed by atoms with Gasteiger partial charge in [0.2, 0.25) is 0 Å². The summed E-state index contributed by atoms with van der Waals surface area (Å²) in [5, 5.41) is 0. The number of ether oxygens (including phenoxy) is 3. The first-order chi connectivity index (χ1) is 25.8. The van der Waals surface area contributed by atoms with Crippen LogP contribution in [-0.2, 0) is 10.8 Å². The van der Waals surface area contributed by atoms with E-state index in [0.29, 0.717) is 0 Å². The van der Waals surface area contributed by atoms with Gasteiger partial charge < -0.3 is 24.0 Å². The summed E-state index contributed by atoms with van der Waals surface area (Å²) in [6.45, 7) is 9.10. The van der Waals surface area contributed by atoms with Gasteiger partial charge in [0.05, 0.1) is 28.4 Å². The first-order valence-corrected chi connectivity index (χ1v) is 18.2. The van der Waals surface area contributed by atoms with E-state index >= 15 is 0 Å². The molecule has 0 amide bonds. The number of para-hydroxylation sites is 7. The lowest BCUT2D eigenvalue weighted by molar-refractivity contribution is 0.416. The molecule has 0 bridgehead atoms. The summed E-state index contributed by atoms with van der Waals surface area (Å²) in [4.78, 5) is 4.55. The van der Waals surface area contributed by atoms with Crippen molar-refractivity contribution in [3.63, 3.8) is 0 Å². The van der Waals surface area contributed by atoms with Crippen LogP contribution >= 0.6 is 0 Å². The van der Waals surface area contributed by atoms with Crippen molar-refractivity contribution in [2.75, 3.05) is 9.80 Å². The van der Waals surface area contributed by atoms with Crippen LogP contribution in [0.25, 0.3) is 0 Å². The predicted octanol–water partition coefficient (Wildman–Crippen LogP) is 13.6. The van der Waals surface area contributed by atoms with Gasteiger partial charge in [0.25, 0.3) is 0 Å². The second-order valence-corrected chi connectivity index (χ2v) is 15.0. The Morgan fingerprint density at radius 3 is 1.51 bits per heavy atom. The maximum Gasteiger partial charge on any atom is 0.155 e. The molecule has 0 radical (unpaired) electrons. The van der Waals surface area contributed by atoms with Gasteiger partial charge in [0, 0.05) is 44.8 Å². The van der Waals surface area contributed by atoms with E-state index in [1.165, 1.54) is 0 Å². The standard InChI is InChI=1S/C48H38N2O3/c1-47(2)33-18-8-11-25-41(33)52-45-35(47)20-14-23-39(45)50(40-24-15-21-36-46(40)53-42-26-12-9-19-34(42)48(36,3)4)32-28-29-38-44(30-32)51-43-27-13-10-22-37(43)49(38)31-16-6-5-7-17-31/h5-30H,1-4H3. The van der Waals surface area contributed by atoms with Crippen LogP contribution in [0.15, 0.2) is 158 Å². The van der Waals surface area contributed by atoms with Gasteiger partial charge in [-0.2, -0.15) is 0 Å². The molecule has 3 aliphatic heterocycles. The number of hydrogen-bond acceptors (Lipinski definition) is 5. The Balaban J connectivity index is 1.21. The highest BCUT2D eigenvalue weighted by Gasteiger charge is 2.40. The number of benzene rings is 7. The Bertz CT molecular complexity index is 2460. The van der Waals surface area contributed by atoms with E-state index < -0.39 is 0 Å². The minimum absolute atomic E-state index is 0.293. The third-order valence-electron chi connectivity index (χ3n) is 11.1. The van der Waals surface area contributed by atoms with Crippen molar-refractivity contribution in [2.24, 2.45) is 0 Å².